The van der Waals surface area contributed by atoms with Gasteiger partial charge in [-0.25, -0.2) is 0 Å². The minimum absolute atomic E-state index is 0. The van der Waals surface area contributed by atoms with Gasteiger partial charge in [0.25, 0.3) is 0 Å². The third-order valence-corrected chi connectivity index (χ3v) is 5.80. The van der Waals surface area contributed by atoms with E-state index in [1.165, 1.54) is 4.90 Å². The highest BCUT2D eigenvalue weighted by Gasteiger charge is 2.25. The van der Waals surface area contributed by atoms with Gasteiger partial charge in [-0.15, -0.1) is 24.2 Å². The largest absolute Gasteiger partial charge is 0.342 e. The van der Waals surface area contributed by atoms with Crippen LogP contribution in [0.5, 0.6) is 0 Å². The summed E-state index contributed by atoms with van der Waals surface area (Å²) < 4.78 is 1.10. The number of likely N-dealkylation sites (tertiary alicyclic amines) is 1. The van der Waals surface area contributed by atoms with Crippen molar-refractivity contribution in [2.75, 3.05) is 18.8 Å². The fourth-order valence-electron chi connectivity index (χ4n) is 2.77. The lowest BCUT2D eigenvalue weighted by Gasteiger charge is -2.34. The average Bonchev–Trinajstić information content (AvgIpc) is 2.53. The number of nitrogens with two attached hydrogens (primary N) is 1. The van der Waals surface area contributed by atoms with Crippen LogP contribution >= 0.6 is 40.1 Å². The number of hydrogen-bond donors (Lipinski definition) is 1. The minimum Gasteiger partial charge on any atom is -0.342 e. The number of hydrogen-bond acceptors (Lipinski definition) is 3. The van der Waals surface area contributed by atoms with Crippen molar-refractivity contribution in [2.24, 2.45) is 11.7 Å². The molecule has 0 bridgehead atoms. The number of carbonyl (C=O) groups excluding carboxylic acids is 1. The topological polar surface area (TPSA) is 46.3 Å². The van der Waals surface area contributed by atoms with Gasteiger partial charge in [0.2, 0.25) is 5.91 Å². The first-order valence-electron chi connectivity index (χ1n) is 7.98. The van der Waals surface area contributed by atoms with Gasteiger partial charge >= 0.3 is 0 Å². The first kappa shape index (κ1) is 20.8. The molecule has 1 aliphatic rings. The quantitative estimate of drug-likeness (QED) is 0.549. The number of carbonyl (C=O) groups is 1. The molecule has 2 unspecified atom stereocenters. The predicted molar refractivity (Wildman–Crippen MR) is 104 cm³/mol. The summed E-state index contributed by atoms with van der Waals surface area (Å²) in [7, 11) is 0. The van der Waals surface area contributed by atoms with Crippen molar-refractivity contribution in [3.05, 3.63) is 28.7 Å². The van der Waals surface area contributed by atoms with Crippen LogP contribution in [0, 0.1) is 5.92 Å². The highest BCUT2D eigenvalue weighted by Crippen LogP contribution is 2.23. The normalized spacial score (nSPS) is 19.1. The molecule has 1 aromatic carbocycles. The highest BCUT2D eigenvalue weighted by atomic mass is 79.9. The van der Waals surface area contributed by atoms with Gasteiger partial charge in [-0.3, -0.25) is 4.79 Å². The molecule has 2 rings (SSSR count). The molecule has 0 saturated carbocycles. The summed E-state index contributed by atoms with van der Waals surface area (Å²) in [5.74, 6) is 1.74. The number of piperidine rings is 1. The second-order valence-corrected chi connectivity index (χ2v) is 8.09. The van der Waals surface area contributed by atoms with Crippen LogP contribution in [0.25, 0.3) is 0 Å². The molecule has 0 aliphatic carbocycles. The Balaban J connectivity index is 0.00000264. The summed E-state index contributed by atoms with van der Waals surface area (Å²) in [6.45, 7) is 3.80. The molecule has 23 heavy (non-hydrogen) atoms. The maximum Gasteiger partial charge on any atom is 0.222 e. The fourth-order valence-corrected chi connectivity index (χ4v) is 3.89. The molecular weight excluding hydrogens is 396 g/mol. The molecule has 6 heteroatoms. The maximum absolute atomic E-state index is 12.3. The van der Waals surface area contributed by atoms with Crippen molar-refractivity contribution < 1.29 is 4.79 Å². The second kappa shape index (κ2) is 10.6. The third-order valence-electron chi connectivity index (χ3n) is 4.17. The Labute approximate surface area is 158 Å². The lowest BCUT2D eigenvalue weighted by molar-refractivity contribution is -0.133. The Kier molecular flexibility index (Phi) is 9.59. The van der Waals surface area contributed by atoms with Crippen LogP contribution in [-0.4, -0.2) is 35.7 Å². The van der Waals surface area contributed by atoms with Crippen molar-refractivity contribution in [3.8, 4) is 0 Å². The summed E-state index contributed by atoms with van der Waals surface area (Å²) in [4.78, 5) is 15.6. The van der Waals surface area contributed by atoms with E-state index in [-0.39, 0.29) is 18.4 Å². The van der Waals surface area contributed by atoms with E-state index in [1.54, 1.807) is 0 Å². The SMILES string of the molecule is CC(N)C1CCCN(C(=O)CCCSc2ccc(Br)cc2)C1.Cl. The van der Waals surface area contributed by atoms with Crippen LogP contribution in [0.2, 0.25) is 0 Å². The number of nitrogens with zero attached hydrogens (tertiary/aromatic N) is 1. The number of halogens is 2. The van der Waals surface area contributed by atoms with Crippen molar-refractivity contribution in [3.63, 3.8) is 0 Å². The van der Waals surface area contributed by atoms with Crippen LogP contribution in [-0.2, 0) is 4.79 Å². The van der Waals surface area contributed by atoms with Gasteiger partial charge in [-0.2, -0.15) is 0 Å². The number of thioether (sulfide) groups is 1. The van der Waals surface area contributed by atoms with Gasteiger partial charge in [0.15, 0.2) is 0 Å². The summed E-state index contributed by atoms with van der Waals surface area (Å²) in [6.07, 6.45) is 3.82. The van der Waals surface area contributed by atoms with Gasteiger partial charge in [-0.05, 0) is 62.1 Å². The first-order chi connectivity index (χ1) is 10.6. The van der Waals surface area contributed by atoms with Crippen LogP contribution in [0.15, 0.2) is 33.6 Å². The zero-order valence-corrected chi connectivity index (χ0v) is 16.8. The van der Waals surface area contributed by atoms with Gasteiger partial charge in [0.05, 0.1) is 0 Å². The van der Waals surface area contributed by atoms with Gasteiger partial charge in [0, 0.05) is 34.9 Å². The zero-order chi connectivity index (χ0) is 15.9. The van der Waals surface area contributed by atoms with Crippen LogP contribution in [0.4, 0.5) is 0 Å². The van der Waals surface area contributed by atoms with Crippen LogP contribution in [0.1, 0.15) is 32.6 Å². The number of rotatable bonds is 6. The van der Waals surface area contributed by atoms with E-state index in [2.05, 4.69) is 40.2 Å². The average molecular weight is 422 g/mol. The van der Waals surface area contributed by atoms with E-state index in [4.69, 9.17) is 5.73 Å². The zero-order valence-electron chi connectivity index (χ0n) is 13.5. The fraction of sp³-hybridized carbons (Fsp3) is 0.588. The maximum atomic E-state index is 12.3. The molecule has 1 aromatic rings. The van der Waals surface area contributed by atoms with Crippen molar-refractivity contribution in [1.82, 2.24) is 4.90 Å². The Hall–Kier alpha value is -0.230. The Bertz CT molecular complexity index is 484. The van der Waals surface area contributed by atoms with Gasteiger partial charge < -0.3 is 10.6 Å². The standard InChI is InChI=1S/C17H25BrN2OS.ClH/c1-13(19)14-4-2-10-20(12-14)17(21)5-3-11-22-16-8-6-15(18)7-9-16;/h6-9,13-14H,2-5,10-12,19H2,1H3;1H. The molecule has 130 valence electrons. The second-order valence-electron chi connectivity index (χ2n) is 6.01. The van der Waals surface area contributed by atoms with Gasteiger partial charge in [-0.1, -0.05) is 15.9 Å². The minimum atomic E-state index is 0. The van der Waals surface area contributed by atoms with E-state index in [0.717, 1.165) is 42.6 Å². The molecule has 1 amide bonds. The summed E-state index contributed by atoms with van der Waals surface area (Å²) in [5, 5.41) is 0. The van der Waals surface area contributed by atoms with Crippen LogP contribution < -0.4 is 5.73 Å². The van der Waals surface area contributed by atoms with Crippen molar-refractivity contribution in [1.29, 1.82) is 0 Å². The smallest absolute Gasteiger partial charge is 0.222 e. The molecular formula is C17H26BrClN2OS. The van der Waals surface area contributed by atoms with Crippen molar-refractivity contribution >= 4 is 46.0 Å². The Morgan fingerprint density at radius 3 is 2.78 bits per heavy atom. The van der Waals surface area contributed by atoms with E-state index in [1.807, 2.05) is 23.6 Å². The lowest BCUT2D eigenvalue weighted by atomic mass is 9.92. The molecule has 0 radical (unpaired) electrons. The molecule has 0 aromatic heterocycles. The molecule has 2 N–H and O–H groups in total. The summed E-state index contributed by atoms with van der Waals surface area (Å²) >= 11 is 5.25. The van der Waals surface area contributed by atoms with Crippen molar-refractivity contribution in [2.45, 2.75) is 43.5 Å². The molecule has 1 fully saturated rings. The van der Waals surface area contributed by atoms with E-state index in [0.29, 0.717) is 18.2 Å². The van der Waals surface area contributed by atoms with Crippen LogP contribution in [0.3, 0.4) is 0 Å². The molecule has 1 aliphatic heterocycles. The molecule has 0 spiro atoms. The molecule has 3 nitrogen and oxygen atoms in total. The van der Waals surface area contributed by atoms with E-state index >= 15 is 0 Å². The monoisotopic (exact) mass is 420 g/mol. The Morgan fingerprint density at radius 2 is 2.13 bits per heavy atom. The molecule has 1 heterocycles. The van der Waals surface area contributed by atoms with Gasteiger partial charge in [0.1, 0.15) is 0 Å². The first-order valence-corrected chi connectivity index (χ1v) is 9.76. The van der Waals surface area contributed by atoms with E-state index < -0.39 is 0 Å². The number of benzene rings is 1. The summed E-state index contributed by atoms with van der Waals surface area (Å²) in [5.41, 5.74) is 5.98. The van der Waals surface area contributed by atoms with E-state index in [9.17, 15) is 4.79 Å². The summed E-state index contributed by atoms with van der Waals surface area (Å²) in [6, 6.07) is 8.50. The Morgan fingerprint density at radius 1 is 1.43 bits per heavy atom. The molecule has 2 atom stereocenters. The predicted octanol–water partition coefficient (Wildman–Crippen LogP) is 4.33. The third kappa shape index (κ3) is 7.04. The number of amides is 1. The highest BCUT2D eigenvalue weighted by molar-refractivity contribution is 9.10. The lowest BCUT2D eigenvalue weighted by Crippen LogP contribution is -2.45. The molecule has 1 saturated heterocycles.